The van der Waals surface area contributed by atoms with Crippen LogP contribution in [-0.2, 0) is 16.6 Å². The van der Waals surface area contributed by atoms with Crippen molar-refractivity contribution in [3.8, 4) is 11.5 Å². The van der Waals surface area contributed by atoms with Gasteiger partial charge in [-0.3, -0.25) is 4.90 Å². The number of carbonyl (C=O) groups is 1. The fourth-order valence-electron chi connectivity index (χ4n) is 3.87. The Labute approximate surface area is 205 Å². The number of amidine groups is 1. The summed E-state index contributed by atoms with van der Waals surface area (Å²) in [4.78, 5) is 15.3. The minimum Gasteiger partial charge on any atom is -0.496 e. The highest BCUT2D eigenvalue weighted by molar-refractivity contribution is 7.90. The quantitative estimate of drug-likeness (QED) is 0.369. The normalized spacial score (nSPS) is 13.8. The number of fused-ring (bicyclic) bond motifs is 1. The Balaban J connectivity index is 1.66. The number of esters is 1. The van der Waals surface area contributed by atoms with E-state index in [1.54, 1.807) is 54.6 Å². The minimum atomic E-state index is -3.74. The van der Waals surface area contributed by atoms with Crippen LogP contribution in [0.1, 0.15) is 35.3 Å². The average molecular weight is 494 g/mol. The highest BCUT2D eigenvalue weighted by Crippen LogP contribution is 2.30. The van der Waals surface area contributed by atoms with E-state index in [-0.39, 0.29) is 10.7 Å². The van der Waals surface area contributed by atoms with Gasteiger partial charge in [-0.1, -0.05) is 38.1 Å². The molecule has 1 aliphatic heterocycles. The van der Waals surface area contributed by atoms with Gasteiger partial charge in [-0.25, -0.2) is 4.79 Å². The molecule has 3 aromatic carbocycles. The summed E-state index contributed by atoms with van der Waals surface area (Å²) in [6.07, 6.45) is 0. The standard InChI is InChI=1S/C26H27N3O5S/c1-4-29(5-2)17-18-16-19(27-25-21-11-7-9-13-24(21)35(31,32)28-25)14-15-22(18)34-26(30)20-10-6-8-12-23(20)33-3/h6-16H,4-5,17H2,1-3H3,(H,27,28). The van der Waals surface area contributed by atoms with Crippen LogP contribution in [-0.4, -0.2) is 45.3 Å². The molecule has 182 valence electrons. The van der Waals surface area contributed by atoms with Gasteiger partial charge >= 0.3 is 5.97 Å². The molecular formula is C26H27N3O5S. The molecule has 0 atom stereocenters. The van der Waals surface area contributed by atoms with Crippen molar-refractivity contribution in [1.29, 1.82) is 0 Å². The van der Waals surface area contributed by atoms with E-state index in [2.05, 4.69) is 28.5 Å². The molecule has 9 heteroatoms. The van der Waals surface area contributed by atoms with Crippen molar-refractivity contribution in [1.82, 2.24) is 4.90 Å². The van der Waals surface area contributed by atoms with Crippen LogP contribution in [0, 0.1) is 0 Å². The van der Waals surface area contributed by atoms with E-state index in [1.807, 2.05) is 6.07 Å². The third kappa shape index (κ3) is 5.21. The van der Waals surface area contributed by atoms with Crippen LogP contribution in [0.5, 0.6) is 11.5 Å². The van der Waals surface area contributed by atoms with Crippen molar-refractivity contribution >= 4 is 27.5 Å². The number of nitrogens with zero attached hydrogens (tertiary/aromatic N) is 2. The van der Waals surface area contributed by atoms with Crippen LogP contribution in [0.4, 0.5) is 5.69 Å². The van der Waals surface area contributed by atoms with Crippen molar-refractivity contribution in [3.63, 3.8) is 0 Å². The van der Waals surface area contributed by atoms with E-state index < -0.39 is 16.0 Å². The van der Waals surface area contributed by atoms with Gasteiger partial charge in [0.15, 0.2) is 5.84 Å². The van der Waals surface area contributed by atoms with Crippen LogP contribution in [0.25, 0.3) is 0 Å². The second kappa shape index (κ2) is 10.3. The zero-order chi connectivity index (χ0) is 25.0. The molecule has 0 aliphatic carbocycles. The van der Waals surface area contributed by atoms with Gasteiger partial charge in [0.1, 0.15) is 22.0 Å². The van der Waals surface area contributed by atoms with Gasteiger partial charge in [-0.15, -0.1) is 4.40 Å². The number of hydrogen-bond acceptors (Lipinski definition) is 7. The Morgan fingerprint density at radius 3 is 2.43 bits per heavy atom. The smallest absolute Gasteiger partial charge is 0.347 e. The van der Waals surface area contributed by atoms with Crippen LogP contribution in [0.2, 0.25) is 0 Å². The molecule has 4 rings (SSSR count). The second-order valence-electron chi connectivity index (χ2n) is 7.91. The average Bonchev–Trinajstić information content (AvgIpc) is 3.13. The number of sulfonamides is 1. The number of hydrogen-bond donors (Lipinski definition) is 1. The van der Waals surface area contributed by atoms with Crippen molar-refractivity contribution in [3.05, 3.63) is 83.4 Å². The third-order valence-corrected chi connectivity index (χ3v) is 7.11. The zero-order valence-electron chi connectivity index (χ0n) is 19.8. The summed E-state index contributed by atoms with van der Waals surface area (Å²) in [5.74, 6) is 0.581. The van der Waals surface area contributed by atoms with Crippen molar-refractivity contribution in [2.45, 2.75) is 25.3 Å². The molecule has 0 spiro atoms. The van der Waals surface area contributed by atoms with Crippen LogP contribution < -0.4 is 14.8 Å². The first-order valence-corrected chi connectivity index (χ1v) is 12.7. The first-order chi connectivity index (χ1) is 16.9. The van der Waals surface area contributed by atoms with Crippen molar-refractivity contribution in [2.75, 3.05) is 25.5 Å². The van der Waals surface area contributed by atoms with Gasteiger partial charge in [-0.2, -0.15) is 8.42 Å². The van der Waals surface area contributed by atoms with E-state index in [4.69, 9.17) is 9.47 Å². The van der Waals surface area contributed by atoms with Gasteiger partial charge < -0.3 is 14.8 Å². The molecule has 1 heterocycles. The fourth-order valence-corrected chi connectivity index (χ4v) is 5.05. The lowest BCUT2D eigenvalue weighted by Crippen LogP contribution is -2.23. The molecule has 0 saturated heterocycles. The summed E-state index contributed by atoms with van der Waals surface area (Å²) in [5.41, 5.74) is 2.25. The molecule has 3 aromatic rings. The molecule has 0 fully saturated rings. The number of rotatable bonds is 8. The maximum atomic E-state index is 12.9. The largest absolute Gasteiger partial charge is 0.496 e. The number of anilines is 1. The van der Waals surface area contributed by atoms with E-state index in [9.17, 15) is 13.2 Å². The van der Waals surface area contributed by atoms with Gasteiger partial charge in [-0.05, 0) is 55.6 Å². The Morgan fingerprint density at radius 1 is 0.971 bits per heavy atom. The molecule has 1 N–H and O–H groups in total. The van der Waals surface area contributed by atoms with Crippen molar-refractivity contribution in [2.24, 2.45) is 4.40 Å². The van der Waals surface area contributed by atoms with Gasteiger partial charge in [0.05, 0.1) is 7.11 Å². The summed E-state index contributed by atoms with van der Waals surface area (Å²) >= 11 is 0. The van der Waals surface area contributed by atoms with Gasteiger partial charge in [0.25, 0.3) is 10.0 Å². The topological polar surface area (TPSA) is 97.3 Å². The molecule has 0 bridgehead atoms. The zero-order valence-corrected chi connectivity index (χ0v) is 20.6. The molecule has 8 nitrogen and oxygen atoms in total. The molecule has 35 heavy (non-hydrogen) atoms. The predicted octanol–water partition coefficient (Wildman–Crippen LogP) is 4.32. The Hall–Kier alpha value is -3.69. The summed E-state index contributed by atoms with van der Waals surface area (Å²) in [7, 11) is -2.23. The molecule has 0 aromatic heterocycles. The van der Waals surface area contributed by atoms with Gasteiger partial charge in [0, 0.05) is 23.4 Å². The molecule has 0 unspecified atom stereocenters. The predicted molar refractivity (Wildman–Crippen MR) is 135 cm³/mol. The lowest BCUT2D eigenvalue weighted by molar-refractivity contribution is 0.0728. The van der Waals surface area contributed by atoms with E-state index in [0.717, 1.165) is 18.7 Å². The molecular weight excluding hydrogens is 466 g/mol. The molecule has 1 aliphatic rings. The van der Waals surface area contributed by atoms with Crippen LogP contribution in [0.15, 0.2) is 76.0 Å². The summed E-state index contributed by atoms with van der Waals surface area (Å²) in [6, 6.07) is 18.8. The maximum absolute atomic E-state index is 12.9. The van der Waals surface area contributed by atoms with Crippen LogP contribution >= 0.6 is 0 Å². The number of carbonyl (C=O) groups excluding carboxylic acids is 1. The number of para-hydroxylation sites is 1. The number of nitrogens with one attached hydrogen (secondary N) is 1. The number of benzene rings is 3. The van der Waals surface area contributed by atoms with Crippen molar-refractivity contribution < 1.29 is 22.7 Å². The van der Waals surface area contributed by atoms with E-state index >= 15 is 0 Å². The Bertz CT molecular complexity index is 1380. The maximum Gasteiger partial charge on any atom is 0.347 e. The summed E-state index contributed by atoms with van der Waals surface area (Å²) < 4.78 is 39.8. The highest BCUT2D eigenvalue weighted by Gasteiger charge is 2.28. The first-order valence-electron chi connectivity index (χ1n) is 11.3. The van der Waals surface area contributed by atoms with E-state index in [0.29, 0.717) is 34.9 Å². The Morgan fingerprint density at radius 2 is 1.69 bits per heavy atom. The lowest BCUT2D eigenvalue weighted by atomic mass is 10.1. The number of ether oxygens (including phenoxy) is 2. The first kappa shape index (κ1) is 24.4. The second-order valence-corrected chi connectivity index (χ2v) is 9.48. The van der Waals surface area contributed by atoms with E-state index in [1.165, 1.54) is 13.2 Å². The minimum absolute atomic E-state index is 0.174. The highest BCUT2D eigenvalue weighted by atomic mass is 32.2. The molecule has 0 saturated carbocycles. The molecule has 0 radical (unpaired) electrons. The lowest BCUT2D eigenvalue weighted by Gasteiger charge is -2.21. The number of methoxy groups -OCH3 is 1. The third-order valence-electron chi connectivity index (χ3n) is 5.77. The Kier molecular flexibility index (Phi) is 7.18. The van der Waals surface area contributed by atoms with Crippen LogP contribution in [0.3, 0.4) is 0 Å². The summed E-state index contributed by atoms with van der Waals surface area (Å²) in [5, 5.41) is 3.12. The molecule has 0 amide bonds. The monoisotopic (exact) mass is 493 g/mol. The fraction of sp³-hybridized carbons (Fsp3) is 0.231. The summed E-state index contributed by atoms with van der Waals surface area (Å²) in [6.45, 7) is 6.28. The SMILES string of the molecule is CCN(CC)Cc1cc(NC2=NS(=O)(=O)c3ccccc32)ccc1OC(=O)c1ccccc1OC. The van der Waals surface area contributed by atoms with Gasteiger partial charge in [0.2, 0.25) is 0 Å².